The van der Waals surface area contributed by atoms with Gasteiger partial charge >= 0.3 is 0 Å². The van der Waals surface area contributed by atoms with Gasteiger partial charge < -0.3 is 9.64 Å². The number of rotatable bonds is 3. The number of aromatic nitrogens is 1. The molecule has 3 aliphatic rings. The van der Waals surface area contributed by atoms with Crippen LogP contribution in [0.4, 0.5) is 0 Å². The first-order valence-electron chi connectivity index (χ1n) is 8.74. The zero-order chi connectivity index (χ0) is 15.8. The van der Waals surface area contributed by atoms with Crippen molar-refractivity contribution in [3.63, 3.8) is 0 Å². The van der Waals surface area contributed by atoms with Crippen LogP contribution < -0.4 is 0 Å². The highest BCUT2D eigenvalue weighted by molar-refractivity contribution is 7.09. The summed E-state index contributed by atoms with van der Waals surface area (Å²) in [6.07, 6.45) is 3.58. The van der Waals surface area contributed by atoms with E-state index in [1.807, 2.05) is 6.92 Å². The van der Waals surface area contributed by atoms with Crippen molar-refractivity contribution in [1.29, 1.82) is 0 Å². The Bertz CT molecular complexity index is 570. The number of thiazole rings is 1. The number of amides is 1. The SMILES string of the molecule is Cc1nc(CN2C[C@H](C(=O)N3CCCC3)[C@@H]3CCO[C@@H]3C2)cs1. The Labute approximate surface area is 141 Å². The number of hydrogen-bond acceptors (Lipinski definition) is 5. The van der Waals surface area contributed by atoms with E-state index in [2.05, 4.69) is 20.2 Å². The van der Waals surface area contributed by atoms with E-state index in [0.29, 0.717) is 11.8 Å². The summed E-state index contributed by atoms with van der Waals surface area (Å²) in [4.78, 5) is 22.0. The number of carbonyl (C=O) groups is 1. The summed E-state index contributed by atoms with van der Waals surface area (Å²) in [5.74, 6) is 0.882. The molecule has 5 nitrogen and oxygen atoms in total. The lowest BCUT2D eigenvalue weighted by Gasteiger charge is -2.40. The number of ether oxygens (including phenoxy) is 1. The van der Waals surface area contributed by atoms with Gasteiger partial charge in [-0.1, -0.05) is 0 Å². The minimum atomic E-state index is 0.106. The molecule has 0 radical (unpaired) electrons. The molecule has 3 saturated heterocycles. The third-order valence-corrected chi connectivity index (χ3v) is 6.28. The van der Waals surface area contributed by atoms with Crippen molar-refractivity contribution >= 4 is 17.2 Å². The average Bonchev–Trinajstić information content (AvgIpc) is 3.26. The fourth-order valence-electron chi connectivity index (χ4n) is 4.33. The number of piperidine rings is 1. The first kappa shape index (κ1) is 15.5. The molecule has 3 atom stereocenters. The average molecular weight is 335 g/mol. The predicted octanol–water partition coefficient (Wildman–Crippen LogP) is 1.91. The van der Waals surface area contributed by atoms with Crippen LogP contribution in [0.2, 0.25) is 0 Å². The van der Waals surface area contributed by atoms with Crippen molar-refractivity contribution in [2.24, 2.45) is 11.8 Å². The maximum atomic E-state index is 13.0. The number of aryl methyl sites for hydroxylation is 1. The van der Waals surface area contributed by atoms with Gasteiger partial charge in [0, 0.05) is 50.6 Å². The second-order valence-electron chi connectivity index (χ2n) is 7.05. The summed E-state index contributed by atoms with van der Waals surface area (Å²) < 4.78 is 5.94. The second-order valence-corrected chi connectivity index (χ2v) is 8.11. The fourth-order valence-corrected chi connectivity index (χ4v) is 4.93. The van der Waals surface area contributed by atoms with Crippen molar-refractivity contribution in [3.8, 4) is 0 Å². The van der Waals surface area contributed by atoms with Crippen molar-refractivity contribution in [1.82, 2.24) is 14.8 Å². The first-order chi connectivity index (χ1) is 11.2. The number of carbonyl (C=O) groups excluding carboxylic acids is 1. The molecule has 126 valence electrons. The van der Waals surface area contributed by atoms with Gasteiger partial charge in [-0.3, -0.25) is 9.69 Å². The summed E-state index contributed by atoms with van der Waals surface area (Å²) in [5, 5.41) is 3.24. The van der Waals surface area contributed by atoms with Gasteiger partial charge in [-0.25, -0.2) is 4.98 Å². The van der Waals surface area contributed by atoms with Gasteiger partial charge in [0.05, 0.1) is 22.7 Å². The molecular formula is C17H25N3O2S. The number of hydrogen-bond donors (Lipinski definition) is 0. The van der Waals surface area contributed by atoms with E-state index in [0.717, 1.165) is 69.3 Å². The second kappa shape index (κ2) is 6.49. The standard InChI is InChI=1S/C17H25N3O2S/c1-12-18-13(11-23-12)8-19-9-15(14-4-7-22-16(14)10-19)17(21)20-5-2-3-6-20/h11,14-16H,2-10H2,1H3/t14-,15-,16+/m0/s1. The van der Waals surface area contributed by atoms with E-state index in [9.17, 15) is 4.79 Å². The zero-order valence-corrected chi connectivity index (χ0v) is 14.6. The lowest BCUT2D eigenvalue weighted by Crippen LogP contribution is -2.52. The predicted molar refractivity (Wildman–Crippen MR) is 89.3 cm³/mol. The largest absolute Gasteiger partial charge is 0.377 e. The molecule has 6 heteroatoms. The Morgan fingerprint density at radius 3 is 2.96 bits per heavy atom. The van der Waals surface area contributed by atoms with E-state index in [1.54, 1.807) is 11.3 Å². The van der Waals surface area contributed by atoms with Crippen LogP contribution in [0, 0.1) is 18.8 Å². The molecule has 0 aromatic carbocycles. The smallest absolute Gasteiger partial charge is 0.227 e. The third kappa shape index (κ3) is 3.16. The molecular weight excluding hydrogens is 310 g/mol. The molecule has 0 unspecified atom stereocenters. The van der Waals surface area contributed by atoms with Crippen LogP contribution in [-0.2, 0) is 16.1 Å². The minimum Gasteiger partial charge on any atom is -0.377 e. The zero-order valence-electron chi connectivity index (χ0n) is 13.7. The van der Waals surface area contributed by atoms with Crippen molar-refractivity contribution in [2.75, 3.05) is 32.8 Å². The molecule has 1 aromatic rings. The molecule has 0 spiro atoms. The van der Waals surface area contributed by atoms with Crippen LogP contribution in [0.3, 0.4) is 0 Å². The monoisotopic (exact) mass is 335 g/mol. The summed E-state index contributed by atoms with van der Waals surface area (Å²) in [5.41, 5.74) is 1.12. The molecule has 0 aliphatic carbocycles. The van der Waals surface area contributed by atoms with Crippen LogP contribution in [0.15, 0.2) is 5.38 Å². The van der Waals surface area contributed by atoms with E-state index in [4.69, 9.17) is 4.74 Å². The van der Waals surface area contributed by atoms with Gasteiger partial charge in [0.15, 0.2) is 0 Å². The topological polar surface area (TPSA) is 45.7 Å². The quantitative estimate of drug-likeness (QED) is 0.846. The van der Waals surface area contributed by atoms with Crippen LogP contribution >= 0.6 is 11.3 Å². The van der Waals surface area contributed by atoms with Gasteiger partial charge in [-0.2, -0.15) is 0 Å². The Morgan fingerprint density at radius 1 is 1.39 bits per heavy atom. The molecule has 0 bridgehead atoms. The highest BCUT2D eigenvalue weighted by Gasteiger charge is 2.45. The molecule has 23 heavy (non-hydrogen) atoms. The maximum absolute atomic E-state index is 13.0. The van der Waals surface area contributed by atoms with Crippen molar-refractivity contribution in [3.05, 3.63) is 16.1 Å². The van der Waals surface area contributed by atoms with E-state index in [1.165, 1.54) is 0 Å². The summed E-state index contributed by atoms with van der Waals surface area (Å²) >= 11 is 1.70. The fraction of sp³-hybridized carbons (Fsp3) is 0.765. The Hall–Kier alpha value is -0.980. The molecule has 3 fully saturated rings. The number of nitrogens with zero attached hydrogens (tertiary/aromatic N) is 3. The van der Waals surface area contributed by atoms with Crippen LogP contribution in [-0.4, -0.2) is 59.6 Å². The molecule has 0 N–H and O–H groups in total. The van der Waals surface area contributed by atoms with Gasteiger partial charge in [-0.15, -0.1) is 11.3 Å². The molecule has 1 aromatic heterocycles. The van der Waals surface area contributed by atoms with Gasteiger partial charge in [0.25, 0.3) is 0 Å². The Morgan fingerprint density at radius 2 is 2.22 bits per heavy atom. The van der Waals surface area contributed by atoms with E-state index < -0.39 is 0 Å². The lowest BCUT2D eigenvalue weighted by atomic mass is 9.82. The maximum Gasteiger partial charge on any atom is 0.227 e. The van der Waals surface area contributed by atoms with Crippen LogP contribution in [0.5, 0.6) is 0 Å². The Balaban J connectivity index is 1.48. The summed E-state index contributed by atoms with van der Waals surface area (Å²) in [7, 11) is 0. The lowest BCUT2D eigenvalue weighted by molar-refractivity contribution is -0.140. The molecule has 4 rings (SSSR count). The summed E-state index contributed by atoms with van der Waals surface area (Å²) in [6.45, 7) is 7.36. The van der Waals surface area contributed by atoms with Gasteiger partial charge in [0.1, 0.15) is 0 Å². The molecule has 0 saturated carbocycles. The number of fused-ring (bicyclic) bond motifs is 1. The van der Waals surface area contributed by atoms with E-state index in [-0.39, 0.29) is 12.0 Å². The van der Waals surface area contributed by atoms with E-state index >= 15 is 0 Å². The third-order valence-electron chi connectivity index (χ3n) is 5.46. The molecule has 1 amide bonds. The minimum absolute atomic E-state index is 0.106. The highest BCUT2D eigenvalue weighted by atomic mass is 32.1. The van der Waals surface area contributed by atoms with Crippen molar-refractivity contribution < 1.29 is 9.53 Å². The van der Waals surface area contributed by atoms with Gasteiger partial charge in [0.2, 0.25) is 5.91 Å². The molecule has 3 aliphatic heterocycles. The van der Waals surface area contributed by atoms with Crippen LogP contribution in [0.25, 0.3) is 0 Å². The summed E-state index contributed by atoms with van der Waals surface area (Å²) in [6, 6.07) is 0. The first-order valence-corrected chi connectivity index (χ1v) is 9.62. The Kier molecular flexibility index (Phi) is 4.39. The highest BCUT2D eigenvalue weighted by Crippen LogP contribution is 2.35. The molecule has 4 heterocycles. The van der Waals surface area contributed by atoms with Gasteiger partial charge in [-0.05, 0) is 26.2 Å². The van der Waals surface area contributed by atoms with Crippen LogP contribution in [0.1, 0.15) is 30.0 Å². The van der Waals surface area contributed by atoms with Crippen molar-refractivity contribution in [2.45, 2.75) is 38.8 Å². The number of likely N-dealkylation sites (tertiary alicyclic amines) is 2. The normalized spacial score (nSPS) is 31.5.